The summed E-state index contributed by atoms with van der Waals surface area (Å²) in [5.41, 5.74) is 0.939. The van der Waals surface area contributed by atoms with Crippen molar-refractivity contribution >= 4 is 15.7 Å². The quantitative estimate of drug-likeness (QED) is 0.761. The molecule has 0 aromatic carbocycles. The molecule has 0 bridgehead atoms. The van der Waals surface area contributed by atoms with Crippen LogP contribution in [0, 0.1) is 0 Å². The van der Waals surface area contributed by atoms with Crippen LogP contribution in [0.2, 0.25) is 0 Å². The van der Waals surface area contributed by atoms with Gasteiger partial charge in [-0.1, -0.05) is 5.57 Å². The van der Waals surface area contributed by atoms with E-state index in [0.29, 0.717) is 25.9 Å². The van der Waals surface area contributed by atoms with Crippen LogP contribution in [0.4, 0.5) is 0 Å². The van der Waals surface area contributed by atoms with Crippen LogP contribution in [0.3, 0.4) is 0 Å². The first kappa shape index (κ1) is 15.7. The van der Waals surface area contributed by atoms with Crippen LogP contribution in [-0.4, -0.2) is 52.3 Å². The zero-order valence-electron chi connectivity index (χ0n) is 12.5. The van der Waals surface area contributed by atoms with E-state index in [9.17, 15) is 13.2 Å². The largest absolute Gasteiger partial charge is 0.339 e. The van der Waals surface area contributed by atoms with Gasteiger partial charge in [-0.05, 0) is 26.7 Å². The highest BCUT2D eigenvalue weighted by atomic mass is 32.2. The van der Waals surface area contributed by atoms with Crippen molar-refractivity contribution in [2.24, 2.45) is 7.05 Å². The van der Waals surface area contributed by atoms with E-state index in [1.807, 2.05) is 13.8 Å². The monoisotopic (exact) mass is 312 g/mol. The summed E-state index contributed by atoms with van der Waals surface area (Å²) in [5, 5.41) is 6.80. The maximum Gasteiger partial charge on any atom is 0.249 e. The molecule has 0 aliphatic carbocycles. The Morgan fingerprint density at radius 3 is 2.43 bits per heavy atom. The number of allylic oxidation sites excluding steroid dienone is 1. The van der Waals surface area contributed by atoms with Crippen molar-refractivity contribution in [3.63, 3.8) is 0 Å². The van der Waals surface area contributed by atoms with Gasteiger partial charge < -0.3 is 9.47 Å². The topological polar surface area (TPSA) is 85.2 Å². The second-order valence-corrected chi connectivity index (χ2v) is 7.64. The number of aryl methyl sites for hydroxylation is 1. The van der Waals surface area contributed by atoms with E-state index in [1.165, 1.54) is 10.9 Å². The van der Waals surface area contributed by atoms with Crippen molar-refractivity contribution in [2.45, 2.75) is 37.1 Å². The van der Waals surface area contributed by atoms with Crippen LogP contribution < -0.4 is 0 Å². The van der Waals surface area contributed by atoms with Crippen LogP contribution >= 0.6 is 0 Å². The molecule has 7 nitrogen and oxygen atoms in total. The summed E-state index contributed by atoms with van der Waals surface area (Å²) >= 11 is 0. The van der Waals surface area contributed by atoms with Gasteiger partial charge in [0.15, 0.2) is 0 Å². The molecule has 1 aliphatic rings. The number of likely N-dealkylation sites (tertiary alicyclic amines) is 1. The van der Waals surface area contributed by atoms with Crippen LogP contribution in [0.25, 0.3) is 0 Å². The van der Waals surface area contributed by atoms with Gasteiger partial charge in [-0.2, -0.15) is 0 Å². The summed E-state index contributed by atoms with van der Waals surface area (Å²) in [5.74, 6) is -0.0514. The van der Waals surface area contributed by atoms with E-state index in [1.54, 1.807) is 18.0 Å². The Labute approximate surface area is 124 Å². The fourth-order valence-corrected chi connectivity index (χ4v) is 4.14. The highest BCUT2D eigenvalue weighted by Crippen LogP contribution is 2.23. The first-order valence-electron chi connectivity index (χ1n) is 6.84. The number of rotatable bonds is 3. The summed E-state index contributed by atoms with van der Waals surface area (Å²) in [6.07, 6.45) is 3.81. The molecule has 1 aliphatic heterocycles. The molecule has 1 saturated heterocycles. The van der Waals surface area contributed by atoms with Crippen molar-refractivity contribution in [3.8, 4) is 0 Å². The van der Waals surface area contributed by atoms with Gasteiger partial charge in [-0.3, -0.25) is 4.79 Å². The third kappa shape index (κ3) is 3.31. The van der Waals surface area contributed by atoms with Gasteiger partial charge in [0, 0.05) is 26.2 Å². The molecule has 8 heteroatoms. The normalized spacial score (nSPS) is 16.8. The second kappa shape index (κ2) is 5.97. The van der Waals surface area contributed by atoms with E-state index in [0.717, 1.165) is 5.57 Å². The van der Waals surface area contributed by atoms with Crippen molar-refractivity contribution < 1.29 is 13.2 Å². The number of nitrogens with zero attached hydrogens (tertiary/aromatic N) is 4. The molecular weight excluding hydrogens is 292 g/mol. The summed E-state index contributed by atoms with van der Waals surface area (Å²) in [4.78, 5) is 13.6. The minimum absolute atomic E-state index is 0.00317. The molecule has 116 valence electrons. The molecule has 1 amide bonds. The lowest BCUT2D eigenvalue weighted by Crippen LogP contribution is -2.42. The first-order chi connectivity index (χ1) is 9.82. The fraction of sp³-hybridized carbons (Fsp3) is 0.615. The highest BCUT2D eigenvalue weighted by molar-refractivity contribution is 7.91. The van der Waals surface area contributed by atoms with Gasteiger partial charge in [-0.15, -0.1) is 10.2 Å². The molecule has 2 heterocycles. The summed E-state index contributed by atoms with van der Waals surface area (Å²) in [7, 11) is -1.87. The van der Waals surface area contributed by atoms with Gasteiger partial charge in [0.05, 0.1) is 5.25 Å². The number of piperidine rings is 1. The first-order valence-corrected chi connectivity index (χ1v) is 8.38. The third-order valence-corrected chi connectivity index (χ3v) is 5.76. The standard InChI is InChI=1S/C13H20N4O3S/c1-10(2)8-12(18)17-6-4-11(5-7-17)21(19,20)13-15-14-9-16(13)3/h8-9,11H,4-7H2,1-3H3. The number of aromatic nitrogens is 3. The zero-order valence-corrected chi connectivity index (χ0v) is 13.3. The number of carbonyl (C=O) groups is 1. The minimum Gasteiger partial charge on any atom is -0.339 e. The molecule has 1 aromatic heterocycles. The van der Waals surface area contributed by atoms with Crippen molar-refractivity contribution in [2.75, 3.05) is 13.1 Å². The zero-order chi connectivity index (χ0) is 15.6. The Bertz CT molecular complexity index is 651. The summed E-state index contributed by atoms with van der Waals surface area (Å²) < 4.78 is 26.4. The van der Waals surface area contributed by atoms with Gasteiger partial charge in [0.25, 0.3) is 0 Å². The maximum absolute atomic E-state index is 12.5. The molecule has 0 radical (unpaired) electrons. The number of amides is 1. The van der Waals surface area contributed by atoms with Crippen LogP contribution in [0.15, 0.2) is 23.1 Å². The molecule has 0 spiro atoms. The number of sulfone groups is 1. The molecule has 0 N–H and O–H groups in total. The minimum atomic E-state index is -3.49. The Hall–Kier alpha value is -1.70. The van der Waals surface area contributed by atoms with E-state index >= 15 is 0 Å². The fourth-order valence-electron chi connectivity index (χ4n) is 2.40. The van der Waals surface area contributed by atoms with Crippen molar-refractivity contribution in [3.05, 3.63) is 18.0 Å². The Kier molecular flexibility index (Phi) is 4.46. The average Bonchev–Trinajstić information content (AvgIpc) is 2.85. The van der Waals surface area contributed by atoms with Crippen LogP contribution in [0.1, 0.15) is 26.7 Å². The van der Waals surface area contributed by atoms with Crippen molar-refractivity contribution in [1.82, 2.24) is 19.7 Å². The maximum atomic E-state index is 12.5. The lowest BCUT2D eigenvalue weighted by molar-refractivity contribution is -0.126. The van der Waals surface area contributed by atoms with Gasteiger partial charge in [0.1, 0.15) is 6.33 Å². The Morgan fingerprint density at radius 1 is 1.33 bits per heavy atom. The van der Waals surface area contributed by atoms with E-state index in [4.69, 9.17) is 0 Å². The molecule has 1 aromatic rings. The highest BCUT2D eigenvalue weighted by Gasteiger charge is 2.35. The third-order valence-electron chi connectivity index (χ3n) is 3.53. The summed E-state index contributed by atoms with van der Waals surface area (Å²) in [6, 6.07) is 0. The lowest BCUT2D eigenvalue weighted by Gasteiger charge is -2.30. The number of hydrogen-bond acceptors (Lipinski definition) is 5. The molecule has 21 heavy (non-hydrogen) atoms. The predicted molar refractivity (Wildman–Crippen MR) is 77.2 cm³/mol. The van der Waals surface area contributed by atoms with Crippen molar-refractivity contribution in [1.29, 1.82) is 0 Å². The number of hydrogen-bond donors (Lipinski definition) is 0. The van der Waals surface area contributed by atoms with Crippen LogP contribution in [0.5, 0.6) is 0 Å². The smallest absolute Gasteiger partial charge is 0.249 e. The average molecular weight is 312 g/mol. The Morgan fingerprint density at radius 2 is 1.95 bits per heavy atom. The van der Waals surface area contributed by atoms with Crippen LogP contribution in [-0.2, 0) is 21.7 Å². The van der Waals surface area contributed by atoms with Gasteiger partial charge in [0.2, 0.25) is 20.9 Å². The number of carbonyl (C=O) groups excluding carboxylic acids is 1. The molecule has 0 unspecified atom stereocenters. The van der Waals surface area contributed by atoms with E-state index < -0.39 is 15.1 Å². The predicted octanol–water partition coefficient (Wildman–Crippen LogP) is 0.546. The van der Waals surface area contributed by atoms with E-state index in [2.05, 4.69) is 10.2 Å². The molecular formula is C13H20N4O3S. The molecule has 1 fully saturated rings. The molecule has 0 atom stereocenters. The second-order valence-electron chi connectivity index (χ2n) is 5.52. The van der Waals surface area contributed by atoms with Gasteiger partial charge >= 0.3 is 0 Å². The summed E-state index contributed by atoms with van der Waals surface area (Å²) in [6.45, 7) is 4.63. The molecule has 0 saturated carbocycles. The molecule has 2 rings (SSSR count). The van der Waals surface area contributed by atoms with E-state index in [-0.39, 0.29) is 11.1 Å². The Balaban J connectivity index is 2.06. The lowest BCUT2D eigenvalue weighted by atomic mass is 10.1. The SMILES string of the molecule is CC(C)=CC(=O)N1CCC(S(=O)(=O)c2nncn2C)CC1. The van der Waals surface area contributed by atoms with Gasteiger partial charge in [-0.25, -0.2) is 8.42 Å².